The van der Waals surface area contributed by atoms with Crippen molar-refractivity contribution in [3.8, 4) is 22.8 Å². The van der Waals surface area contributed by atoms with Gasteiger partial charge in [-0.3, -0.25) is 4.98 Å². The van der Waals surface area contributed by atoms with Crippen LogP contribution in [0.1, 0.15) is 23.0 Å². The van der Waals surface area contributed by atoms with Gasteiger partial charge in [0.15, 0.2) is 0 Å². The van der Waals surface area contributed by atoms with Gasteiger partial charge in [-0.05, 0) is 36.8 Å². The monoisotopic (exact) mass is 287 g/mol. The van der Waals surface area contributed by atoms with Gasteiger partial charge in [0.25, 0.3) is 0 Å². The van der Waals surface area contributed by atoms with E-state index in [1.165, 1.54) is 0 Å². The number of aromatic carboxylic acids is 1. The van der Waals surface area contributed by atoms with E-state index < -0.39 is 5.97 Å². The third kappa shape index (κ3) is 2.97. The van der Waals surface area contributed by atoms with Crippen LogP contribution in [0.15, 0.2) is 30.3 Å². The Bertz CT molecular complexity index is 667. The number of carbonyl (C=O) groups is 1. The summed E-state index contributed by atoms with van der Waals surface area (Å²) in [5.74, 6) is 0.380. The molecule has 1 heterocycles. The van der Waals surface area contributed by atoms with Crippen molar-refractivity contribution in [2.24, 2.45) is 0 Å². The number of nitrogens with zero attached hydrogens (tertiary/aromatic N) is 1. The van der Waals surface area contributed by atoms with Crippen molar-refractivity contribution in [3.63, 3.8) is 0 Å². The molecular formula is C16H17NO4. The smallest absolute Gasteiger partial charge is 0.337 e. The van der Waals surface area contributed by atoms with E-state index in [0.717, 1.165) is 5.56 Å². The maximum atomic E-state index is 11.2. The summed E-state index contributed by atoms with van der Waals surface area (Å²) in [6.07, 6.45) is 0.543. The summed E-state index contributed by atoms with van der Waals surface area (Å²) in [7, 11) is 3.17. The van der Waals surface area contributed by atoms with Gasteiger partial charge in [-0.25, -0.2) is 4.79 Å². The summed E-state index contributed by atoms with van der Waals surface area (Å²) in [4.78, 5) is 15.6. The van der Waals surface area contributed by atoms with Gasteiger partial charge in [-0.15, -0.1) is 0 Å². The summed E-state index contributed by atoms with van der Waals surface area (Å²) >= 11 is 0. The zero-order chi connectivity index (χ0) is 15.4. The van der Waals surface area contributed by atoms with Crippen molar-refractivity contribution in [3.05, 3.63) is 41.6 Å². The van der Waals surface area contributed by atoms with Gasteiger partial charge in [-0.1, -0.05) is 6.92 Å². The van der Waals surface area contributed by atoms with Crippen LogP contribution in [0.25, 0.3) is 11.3 Å². The molecule has 110 valence electrons. The van der Waals surface area contributed by atoms with Crippen molar-refractivity contribution in [2.75, 3.05) is 14.2 Å². The molecule has 21 heavy (non-hydrogen) atoms. The van der Waals surface area contributed by atoms with Gasteiger partial charge in [0.2, 0.25) is 0 Å². The van der Waals surface area contributed by atoms with Crippen LogP contribution in [-0.2, 0) is 6.42 Å². The lowest BCUT2D eigenvalue weighted by Crippen LogP contribution is -2.05. The molecule has 1 aromatic heterocycles. The Labute approximate surface area is 123 Å². The van der Waals surface area contributed by atoms with Crippen LogP contribution < -0.4 is 9.47 Å². The molecule has 0 aliphatic carbocycles. The lowest BCUT2D eigenvalue weighted by atomic mass is 10.1. The van der Waals surface area contributed by atoms with E-state index in [4.69, 9.17) is 14.6 Å². The third-order valence-corrected chi connectivity index (χ3v) is 3.22. The number of carboxylic acid groups (broad SMARTS) is 1. The number of hydrogen-bond acceptors (Lipinski definition) is 4. The summed E-state index contributed by atoms with van der Waals surface area (Å²) in [6.45, 7) is 1.88. The van der Waals surface area contributed by atoms with E-state index in [2.05, 4.69) is 4.98 Å². The number of aryl methyl sites for hydroxylation is 1. The largest absolute Gasteiger partial charge is 0.497 e. The minimum Gasteiger partial charge on any atom is -0.497 e. The van der Waals surface area contributed by atoms with E-state index >= 15 is 0 Å². The molecule has 1 aromatic carbocycles. The van der Waals surface area contributed by atoms with E-state index in [1.807, 2.05) is 13.0 Å². The predicted octanol–water partition coefficient (Wildman–Crippen LogP) is 3.03. The van der Waals surface area contributed by atoms with Crippen LogP contribution in [0, 0.1) is 0 Å². The normalized spacial score (nSPS) is 10.2. The number of pyridine rings is 1. The molecule has 2 aromatic rings. The Hall–Kier alpha value is -2.56. The second-order valence-electron chi connectivity index (χ2n) is 4.42. The van der Waals surface area contributed by atoms with E-state index in [-0.39, 0.29) is 5.56 Å². The van der Waals surface area contributed by atoms with E-state index in [9.17, 15) is 4.79 Å². The van der Waals surface area contributed by atoms with Gasteiger partial charge in [0.1, 0.15) is 11.5 Å². The molecule has 0 saturated heterocycles. The van der Waals surface area contributed by atoms with Crippen LogP contribution in [-0.4, -0.2) is 30.3 Å². The minimum absolute atomic E-state index is 0.225. The highest BCUT2D eigenvalue weighted by atomic mass is 16.5. The molecule has 0 bridgehead atoms. The summed E-state index contributed by atoms with van der Waals surface area (Å²) in [5.41, 5.74) is 2.20. The summed E-state index contributed by atoms with van der Waals surface area (Å²) < 4.78 is 10.6. The number of carboxylic acids is 1. The minimum atomic E-state index is -0.969. The Balaban J connectivity index is 2.58. The molecule has 0 aliphatic heterocycles. The van der Waals surface area contributed by atoms with Crippen LogP contribution in [0.5, 0.6) is 11.5 Å². The standard InChI is InChI=1S/C16H17NO4/c1-4-13-11(16(18)19)6-7-14(17-13)12-9-10(20-2)5-8-15(12)21-3/h5-9H,4H2,1-3H3,(H,18,19). The molecule has 0 fully saturated rings. The molecule has 0 radical (unpaired) electrons. The van der Waals surface area contributed by atoms with Crippen molar-refractivity contribution < 1.29 is 19.4 Å². The molecule has 2 rings (SSSR count). The fourth-order valence-corrected chi connectivity index (χ4v) is 2.13. The second-order valence-corrected chi connectivity index (χ2v) is 4.42. The molecule has 0 unspecified atom stereocenters. The number of hydrogen-bond donors (Lipinski definition) is 1. The number of rotatable bonds is 5. The SMILES string of the molecule is CCc1nc(-c2cc(OC)ccc2OC)ccc1C(=O)O. The lowest BCUT2D eigenvalue weighted by Gasteiger charge is -2.12. The molecule has 5 nitrogen and oxygen atoms in total. The zero-order valence-corrected chi connectivity index (χ0v) is 12.2. The van der Waals surface area contributed by atoms with Crippen LogP contribution in [0.3, 0.4) is 0 Å². The Kier molecular flexibility index (Phi) is 4.42. The Morgan fingerprint density at radius 1 is 1.19 bits per heavy atom. The van der Waals surface area contributed by atoms with Gasteiger partial charge < -0.3 is 14.6 Å². The highest BCUT2D eigenvalue weighted by Crippen LogP contribution is 2.32. The quantitative estimate of drug-likeness (QED) is 0.915. The summed E-state index contributed by atoms with van der Waals surface area (Å²) in [5, 5.41) is 9.16. The molecule has 5 heteroatoms. The molecule has 0 spiro atoms. The Morgan fingerprint density at radius 3 is 2.52 bits per heavy atom. The molecular weight excluding hydrogens is 270 g/mol. The average Bonchev–Trinajstić information content (AvgIpc) is 2.53. The second kappa shape index (κ2) is 6.26. The third-order valence-electron chi connectivity index (χ3n) is 3.22. The molecule has 0 atom stereocenters. The zero-order valence-electron chi connectivity index (χ0n) is 12.2. The lowest BCUT2D eigenvalue weighted by molar-refractivity contribution is 0.0695. The van der Waals surface area contributed by atoms with Gasteiger partial charge in [0, 0.05) is 5.56 Å². The highest BCUT2D eigenvalue weighted by molar-refractivity contribution is 5.89. The van der Waals surface area contributed by atoms with Crippen LogP contribution in [0.4, 0.5) is 0 Å². The van der Waals surface area contributed by atoms with Crippen molar-refractivity contribution in [2.45, 2.75) is 13.3 Å². The van der Waals surface area contributed by atoms with E-state index in [1.54, 1.807) is 38.5 Å². The first-order chi connectivity index (χ1) is 10.1. The number of methoxy groups -OCH3 is 2. The first kappa shape index (κ1) is 14.8. The summed E-state index contributed by atoms with van der Waals surface area (Å²) in [6, 6.07) is 8.67. The molecule has 1 N–H and O–H groups in total. The molecule has 0 aliphatic rings. The highest BCUT2D eigenvalue weighted by Gasteiger charge is 2.14. The van der Waals surface area contributed by atoms with Gasteiger partial charge in [0.05, 0.1) is 31.2 Å². The van der Waals surface area contributed by atoms with E-state index in [0.29, 0.717) is 29.3 Å². The predicted molar refractivity (Wildman–Crippen MR) is 79.1 cm³/mol. The topological polar surface area (TPSA) is 68.7 Å². The Morgan fingerprint density at radius 2 is 1.95 bits per heavy atom. The van der Waals surface area contributed by atoms with Gasteiger partial charge in [-0.2, -0.15) is 0 Å². The fraction of sp³-hybridized carbons (Fsp3) is 0.250. The maximum Gasteiger partial charge on any atom is 0.337 e. The number of ether oxygens (including phenoxy) is 2. The number of benzene rings is 1. The van der Waals surface area contributed by atoms with Crippen LogP contribution >= 0.6 is 0 Å². The molecule has 0 saturated carbocycles. The first-order valence-electron chi connectivity index (χ1n) is 6.56. The van der Waals surface area contributed by atoms with Crippen molar-refractivity contribution in [1.82, 2.24) is 4.98 Å². The maximum absolute atomic E-state index is 11.2. The number of aromatic nitrogens is 1. The van der Waals surface area contributed by atoms with Crippen molar-refractivity contribution in [1.29, 1.82) is 0 Å². The first-order valence-corrected chi connectivity index (χ1v) is 6.56. The van der Waals surface area contributed by atoms with Crippen molar-refractivity contribution >= 4 is 5.97 Å². The van der Waals surface area contributed by atoms with Gasteiger partial charge >= 0.3 is 5.97 Å². The van der Waals surface area contributed by atoms with Crippen LogP contribution in [0.2, 0.25) is 0 Å². The molecule has 0 amide bonds. The average molecular weight is 287 g/mol. The fourth-order valence-electron chi connectivity index (χ4n) is 2.13.